The first-order valence-corrected chi connectivity index (χ1v) is 32.8. The van der Waals surface area contributed by atoms with Crippen LogP contribution in [0.15, 0.2) is 36.5 Å². The Bertz CT molecular complexity index is 1180. The molecule has 1 amide bonds. The Kier molecular flexibility index (Phi) is 61.0. The molecule has 0 rings (SSSR count). The first-order valence-electron chi connectivity index (χ1n) is 32.8. The van der Waals surface area contributed by atoms with Gasteiger partial charge < -0.3 is 20.3 Å². The molecule has 0 aliphatic carbocycles. The average molecular weight is 1030 g/mol. The highest BCUT2D eigenvalue weighted by Crippen LogP contribution is 2.17. The van der Waals surface area contributed by atoms with Gasteiger partial charge in [-0.2, -0.15) is 0 Å². The summed E-state index contributed by atoms with van der Waals surface area (Å²) in [6.45, 7) is 4.91. The number of carbonyl (C=O) groups is 2. The van der Waals surface area contributed by atoms with Crippen molar-refractivity contribution in [1.29, 1.82) is 0 Å². The van der Waals surface area contributed by atoms with Crippen molar-refractivity contribution in [1.82, 2.24) is 5.32 Å². The Labute approximate surface area is 455 Å². The number of rotatable bonds is 61. The predicted molar refractivity (Wildman–Crippen MR) is 319 cm³/mol. The van der Waals surface area contributed by atoms with Crippen molar-refractivity contribution in [3.63, 3.8) is 0 Å². The molecule has 2 unspecified atom stereocenters. The van der Waals surface area contributed by atoms with Crippen LogP contribution in [0.25, 0.3) is 0 Å². The zero-order chi connectivity index (χ0) is 52.9. The summed E-state index contributed by atoms with van der Waals surface area (Å²) in [7, 11) is 0. The fraction of sp³-hybridized carbons (Fsp3) is 0.881. The third-order valence-corrected chi connectivity index (χ3v) is 15.1. The van der Waals surface area contributed by atoms with E-state index in [2.05, 4.69) is 43.5 Å². The van der Waals surface area contributed by atoms with Gasteiger partial charge in [0.2, 0.25) is 5.91 Å². The number of hydrogen-bond acceptors (Lipinski definition) is 5. The topological polar surface area (TPSA) is 95.9 Å². The third kappa shape index (κ3) is 59.2. The maximum absolute atomic E-state index is 12.5. The van der Waals surface area contributed by atoms with E-state index >= 15 is 0 Å². The van der Waals surface area contributed by atoms with Crippen LogP contribution in [0, 0.1) is 0 Å². The van der Waals surface area contributed by atoms with Crippen LogP contribution in [0.2, 0.25) is 0 Å². The minimum Gasteiger partial charge on any atom is -0.466 e. The van der Waals surface area contributed by atoms with Crippen LogP contribution in [0.3, 0.4) is 0 Å². The van der Waals surface area contributed by atoms with Crippen molar-refractivity contribution >= 4 is 11.9 Å². The molecule has 0 spiro atoms. The molecule has 2 atom stereocenters. The second kappa shape index (κ2) is 62.6. The lowest BCUT2D eigenvalue weighted by Gasteiger charge is -2.20. The van der Waals surface area contributed by atoms with Crippen LogP contribution in [0.4, 0.5) is 0 Å². The van der Waals surface area contributed by atoms with Gasteiger partial charge in [-0.1, -0.05) is 294 Å². The van der Waals surface area contributed by atoms with Gasteiger partial charge in [-0.05, 0) is 83.5 Å². The Balaban J connectivity index is 3.40. The largest absolute Gasteiger partial charge is 0.466 e. The van der Waals surface area contributed by atoms with Crippen molar-refractivity contribution in [3.8, 4) is 0 Å². The standard InChI is InChI=1S/C67H127NO5/c1-3-5-7-9-11-13-15-17-32-35-39-43-47-51-55-59-65(70)64(63-69)68-66(71)60-56-52-48-44-40-36-33-30-28-26-24-22-20-19-21-23-25-27-29-31-34-38-42-46-50-54-58-62-73-67(72)61-57-53-49-45-41-37-18-16-14-12-10-8-6-4-2/h16,18-20,55,59,64-65,69-70H,3-15,17,21-54,56-58,60-63H2,1-2H3,(H,68,71)/b18-16-,20-19-,59-55+. The Morgan fingerprint density at radius 1 is 0.370 bits per heavy atom. The molecule has 0 aromatic heterocycles. The summed E-state index contributed by atoms with van der Waals surface area (Å²) in [5.74, 6) is -0.0611. The maximum atomic E-state index is 12.5. The number of allylic oxidation sites excluding steroid dienone is 5. The molecule has 0 saturated heterocycles. The van der Waals surface area contributed by atoms with Gasteiger partial charge in [0.1, 0.15) is 0 Å². The van der Waals surface area contributed by atoms with Gasteiger partial charge in [0.05, 0.1) is 25.4 Å². The first kappa shape index (κ1) is 71.1. The highest BCUT2D eigenvalue weighted by molar-refractivity contribution is 5.76. The van der Waals surface area contributed by atoms with Gasteiger partial charge >= 0.3 is 5.97 Å². The summed E-state index contributed by atoms with van der Waals surface area (Å²) >= 11 is 0. The van der Waals surface area contributed by atoms with Crippen molar-refractivity contribution in [3.05, 3.63) is 36.5 Å². The third-order valence-electron chi connectivity index (χ3n) is 15.1. The smallest absolute Gasteiger partial charge is 0.305 e. The second-order valence-electron chi connectivity index (χ2n) is 22.4. The zero-order valence-electron chi connectivity index (χ0n) is 49.1. The van der Waals surface area contributed by atoms with Crippen LogP contribution in [0.1, 0.15) is 354 Å². The lowest BCUT2D eigenvalue weighted by molar-refractivity contribution is -0.143. The molecule has 430 valence electrons. The Morgan fingerprint density at radius 3 is 0.973 bits per heavy atom. The highest BCUT2D eigenvalue weighted by Gasteiger charge is 2.18. The number of carbonyl (C=O) groups excluding carboxylic acids is 2. The summed E-state index contributed by atoms with van der Waals surface area (Å²) < 4.78 is 5.48. The number of aliphatic hydroxyl groups excluding tert-OH is 2. The van der Waals surface area contributed by atoms with Gasteiger partial charge in [0.25, 0.3) is 0 Å². The number of amides is 1. The first-order chi connectivity index (χ1) is 36.0. The molecule has 73 heavy (non-hydrogen) atoms. The number of aliphatic hydroxyl groups is 2. The van der Waals surface area contributed by atoms with Crippen LogP contribution >= 0.6 is 0 Å². The van der Waals surface area contributed by atoms with E-state index in [0.717, 1.165) is 44.9 Å². The SMILES string of the molecule is CCCCCCC/C=C\CCCCCCCC(=O)OCCCCCCCCCCCCCC/C=C\CCCCCCCCCCCCCC(=O)NC(CO)C(O)/C=C/CCCCCCCCCCCCCCC. The van der Waals surface area contributed by atoms with E-state index < -0.39 is 12.1 Å². The average Bonchev–Trinajstić information content (AvgIpc) is 3.39. The molecule has 0 aliphatic heterocycles. The molecule has 0 aromatic rings. The number of hydrogen-bond donors (Lipinski definition) is 3. The molecule has 0 bridgehead atoms. The van der Waals surface area contributed by atoms with Gasteiger partial charge in [0.15, 0.2) is 0 Å². The molecule has 6 heteroatoms. The van der Waals surface area contributed by atoms with E-state index in [1.807, 2.05) is 6.08 Å². The molecule has 0 radical (unpaired) electrons. The lowest BCUT2D eigenvalue weighted by Crippen LogP contribution is -2.45. The van der Waals surface area contributed by atoms with E-state index in [9.17, 15) is 19.8 Å². The molecule has 0 saturated carbocycles. The molecule has 0 heterocycles. The van der Waals surface area contributed by atoms with Crippen LogP contribution < -0.4 is 5.32 Å². The summed E-state index contributed by atoms with van der Waals surface area (Å²) in [5, 5.41) is 23.1. The van der Waals surface area contributed by atoms with Crippen LogP contribution in [-0.4, -0.2) is 47.4 Å². The second-order valence-corrected chi connectivity index (χ2v) is 22.4. The maximum Gasteiger partial charge on any atom is 0.305 e. The number of ether oxygens (including phenoxy) is 1. The van der Waals surface area contributed by atoms with E-state index in [-0.39, 0.29) is 18.5 Å². The highest BCUT2D eigenvalue weighted by atomic mass is 16.5. The summed E-state index contributed by atoms with van der Waals surface area (Å²) in [5.41, 5.74) is 0. The normalized spacial score (nSPS) is 12.8. The van der Waals surface area contributed by atoms with E-state index in [1.165, 1.54) is 283 Å². The number of nitrogens with one attached hydrogen (secondary N) is 1. The van der Waals surface area contributed by atoms with Crippen LogP contribution in [-0.2, 0) is 14.3 Å². The van der Waals surface area contributed by atoms with Crippen molar-refractivity contribution < 1.29 is 24.5 Å². The van der Waals surface area contributed by atoms with Crippen LogP contribution in [0.5, 0.6) is 0 Å². The lowest BCUT2D eigenvalue weighted by atomic mass is 10.0. The molecule has 3 N–H and O–H groups in total. The van der Waals surface area contributed by atoms with Crippen molar-refractivity contribution in [2.45, 2.75) is 366 Å². The minimum absolute atomic E-state index is 0.00625. The van der Waals surface area contributed by atoms with Gasteiger partial charge in [-0.3, -0.25) is 9.59 Å². The molecule has 0 fully saturated rings. The van der Waals surface area contributed by atoms with Gasteiger partial charge in [0, 0.05) is 12.8 Å². The van der Waals surface area contributed by atoms with E-state index in [0.29, 0.717) is 19.4 Å². The number of unbranched alkanes of at least 4 members (excludes halogenated alkanes) is 46. The van der Waals surface area contributed by atoms with E-state index in [4.69, 9.17) is 4.74 Å². The molecular formula is C67H127NO5. The Morgan fingerprint density at radius 2 is 0.644 bits per heavy atom. The Hall–Kier alpha value is -1.92. The molecular weight excluding hydrogens is 899 g/mol. The summed E-state index contributed by atoms with van der Waals surface area (Å²) in [6, 6.07) is -0.628. The fourth-order valence-corrected chi connectivity index (χ4v) is 10.1. The van der Waals surface area contributed by atoms with Crippen molar-refractivity contribution in [2.75, 3.05) is 13.2 Å². The number of esters is 1. The monoisotopic (exact) mass is 1030 g/mol. The van der Waals surface area contributed by atoms with Gasteiger partial charge in [-0.15, -0.1) is 0 Å². The van der Waals surface area contributed by atoms with Crippen molar-refractivity contribution in [2.24, 2.45) is 0 Å². The minimum atomic E-state index is -0.845. The molecule has 0 aromatic carbocycles. The summed E-state index contributed by atoms with van der Waals surface area (Å²) in [4.78, 5) is 24.5. The van der Waals surface area contributed by atoms with Gasteiger partial charge in [-0.25, -0.2) is 0 Å². The van der Waals surface area contributed by atoms with E-state index in [1.54, 1.807) is 6.08 Å². The molecule has 0 aliphatic rings. The quantitative estimate of drug-likeness (QED) is 0.0320. The summed E-state index contributed by atoms with van der Waals surface area (Å²) in [6.07, 6.45) is 79.1. The predicted octanol–water partition coefficient (Wildman–Crippen LogP) is 20.8. The zero-order valence-corrected chi connectivity index (χ0v) is 49.1. The fourth-order valence-electron chi connectivity index (χ4n) is 10.1. The molecule has 6 nitrogen and oxygen atoms in total.